The van der Waals surface area contributed by atoms with Gasteiger partial charge in [-0.2, -0.15) is 0 Å². The molecule has 0 aliphatic heterocycles. The summed E-state index contributed by atoms with van der Waals surface area (Å²) in [5.74, 6) is 1.56. The SMILES string of the molecule is C=CCC[C@H](Oc1ccc(OC)cc1)[C@H](O)CCCCC. The van der Waals surface area contributed by atoms with Crippen LogP contribution in [-0.4, -0.2) is 24.4 Å². The van der Waals surface area contributed by atoms with Gasteiger partial charge in [-0.15, -0.1) is 6.58 Å². The lowest BCUT2D eigenvalue weighted by atomic mass is 10.0. The molecule has 0 amide bonds. The smallest absolute Gasteiger partial charge is 0.125 e. The molecule has 3 nitrogen and oxygen atoms in total. The molecule has 0 aliphatic carbocycles. The van der Waals surface area contributed by atoms with Crippen molar-refractivity contribution in [3.63, 3.8) is 0 Å². The summed E-state index contributed by atoms with van der Waals surface area (Å²) >= 11 is 0. The summed E-state index contributed by atoms with van der Waals surface area (Å²) in [6, 6.07) is 7.48. The molecule has 0 aliphatic rings. The second-order valence-electron chi connectivity index (χ2n) is 5.26. The lowest BCUT2D eigenvalue weighted by Crippen LogP contribution is -2.31. The molecule has 0 bridgehead atoms. The molecule has 21 heavy (non-hydrogen) atoms. The Morgan fingerprint density at radius 2 is 1.81 bits per heavy atom. The molecule has 3 heteroatoms. The highest BCUT2D eigenvalue weighted by Gasteiger charge is 2.20. The van der Waals surface area contributed by atoms with Gasteiger partial charge in [0.15, 0.2) is 0 Å². The number of unbranched alkanes of at least 4 members (excludes halogenated alkanes) is 2. The molecule has 0 unspecified atom stereocenters. The Morgan fingerprint density at radius 1 is 1.14 bits per heavy atom. The standard InChI is InChI=1S/C18H28O3/c1-4-6-8-9-17(19)18(10-7-5-2)21-16-13-11-15(20-3)12-14-16/h5,11-14,17-19H,2,4,6-10H2,1,3H3/t17-,18+/m1/s1. The van der Waals surface area contributed by atoms with E-state index in [0.29, 0.717) is 0 Å². The van der Waals surface area contributed by atoms with Crippen LogP contribution in [-0.2, 0) is 0 Å². The molecule has 0 heterocycles. The first kappa shape index (κ1) is 17.6. The first-order valence-corrected chi connectivity index (χ1v) is 7.81. The summed E-state index contributed by atoms with van der Waals surface area (Å²) in [5.41, 5.74) is 0. The molecule has 0 radical (unpaired) electrons. The van der Waals surface area contributed by atoms with E-state index in [4.69, 9.17) is 9.47 Å². The van der Waals surface area contributed by atoms with Crippen molar-refractivity contribution in [2.45, 2.75) is 57.7 Å². The molecule has 1 aromatic carbocycles. The van der Waals surface area contributed by atoms with Crippen LogP contribution in [0.15, 0.2) is 36.9 Å². The third-order valence-electron chi connectivity index (χ3n) is 3.53. The average molecular weight is 292 g/mol. The van der Waals surface area contributed by atoms with Gasteiger partial charge in [-0.3, -0.25) is 0 Å². The number of rotatable bonds is 11. The lowest BCUT2D eigenvalue weighted by molar-refractivity contribution is 0.0251. The molecular formula is C18H28O3. The van der Waals surface area contributed by atoms with Gasteiger partial charge < -0.3 is 14.6 Å². The Kier molecular flexibility index (Phi) is 8.60. The van der Waals surface area contributed by atoms with Gasteiger partial charge in [-0.05, 0) is 43.5 Å². The maximum atomic E-state index is 10.3. The number of aliphatic hydroxyl groups is 1. The maximum absolute atomic E-state index is 10.3. The van der Waals surface area contributed by atoms with E-state index in [1.165, 1.54) is 0 Å². The summed E-state index contributed by atoms with van der Waals surface area (Å²) < 4.78 is 11.1. The number of hydrogen-bond donors (Lipinski definition) is 1. The van der Waals surface area contributed by atoms with Gasteiger partial charge in [0, 0.05) is 0 Å². The minimum absolute atomic E-state index is 0.187. The summed E-state index contributed by atoms with van der Waals surface area (Å²) in [5, 5.41) is 10.3. The van der Waals surface area contributed by atoms with Gasteiger partial charge in [0.2, 0.25) is 0 Å². The molecule has 0 aromatic heterocycles. The third-order valence-corrected chi connectivity index (χ3v) is 3.53. The fourth-order valence-corrected chi connectivity index (χ4v) is 2.23. The van der Waals surface area contributed by atoms with Gasteiger partial charge in [-0.25, -0.2) is 0 Å². The Morgan fingerprint density at radius 3 is 2.38 bits per heavy atom. The van der Waals surface area contributed by atoms with Crippen LogP contribution in [0.4, 0.5) is 0 Å². The van der Waals surface area contributed by atoms with Crippen molar-refractivity contribution in [3.05, 3.63) is 36.9 Å². The number of methoxy groups -OCH3 is 1. The van der Waals surface area contributed by atoms with Crippen molar-refractivity contribution in [2.75, 3.05) is 7.11 Å². The van der Waals surface area contributed by atoms with Crippen molar-refractivity contribution >= 4 is 0 Å². The van der Waals surface area contributed by atoms with E-state index in [2.05, 4.69) is 13.5 Å². The average Bonchev–Trinajstić information content (AvgIpc) is 2.52. The molecule has 1 rings (SSSR count). The largest absolute Gasteiger partial charge is 0.497 e. The summed E-state index contributed by atoms with van der Waals surface area (Å²) in [7, 11) is 1.64. The first-order chi connectivity index (χ1) is 10.2. The van der Waals surface area contributed by atoms with Crippen LogP contribution >= 0.6 is 0 Å². The predicted octanol–water partition coefficient (Wildman–Crippen LogP) is 4.35. The number of aliphatic hydroxyl groups excluding tert-OH is 1. The molecule has 0 saturated heterocycles. The Hall–Kier alpha value is -1.48. The van der Waals surface area contributed by atoms with E-state index in [1.807, 2.05) is 30.3 Å². The normalized spacial score (nSPS) is 13.5. The summed E-state index contributed by atoms with van der Waals surface area (Å²) in [6.45, 7) is 5.91. The molecule has 1 N–H and O–H groups in total. The van der Waals surface area contributed by atoms with Crippen molar-refractivity contribution in [1.82, 2.24) is 0 Å². The fraction of sp³-hybridized carbons (Fsp3) is 0.556. The van der Waals surface area contributed by atoms with Gasteiger partial charge in [0.05, 0.1) is 13.2 Å². The number of ether oxygens (including phenoxy) is 2. The topological polar surface area (TPSA) is 38.7 Å². The van der Waals surface area contributed by atoms with Gasteiger partial charge in [-0.1, -0.05) is 32.3 Å². The molecule has 2 atom stereocenters. The van der Waals surface area contributed by atoms with Crippen molar-refractivity contribution in [3.8, 4) is 11.5 Å². The Bertz CT molecular complexity index is 386. The first-order valence-electron chi connectivity index (χ1n) is 7.81. The van der Waals surface area contributed by atoms with E-state index < -0.39 is 6.10 Å². The molecule has 118 valence electrons. The van der Waals surface area contributed by atoms with E-state index >= 15 is 0 Å². The molecule has 0 spiro atoms. The summed E-state index contributed by atoms with van der Waals surface area (Å²) in [6.07, 6.45) is 6.99. The second-order valence-corrected chi connectivity index (χ2v) is 5.26. The fourth-order valence-electron chi connectivity index (χ4n) is 2.23. The van der Waals surface area contributed by atoms with Crippen LogP contribution in [0, 0.1) is 0 Å². The van der Waals surface area contributed by atoms with Crippen LogP contribution in [0.5, 0.6) is 11.5 Å². The van der Waals surface area contributed by atoms with Crippen molar-refractivity contribution in [2.24, 2.45) is 0 Å². The predicted molar refractivity (Wildman–Crippen MR) is 87.0 cm³/mol. The van der Waals surface area contributed by atoms with Gasteiger partial charge >= 0.3 is 0 Å². The van der Waals surface area contributed by atoms with Crippen molar-refractivity contribution < 1.29 is 14.6 Å². The molecular weight excluding hydrogens is 264 g/mol. The minimum Gasteiger partial charge on any atom is -0.497 e. The highest BCUT2D eigenvalue weighted by Crippen LogP contribution is 2.22. The van der Waals surface area contributed by atoms with Gasteiger partial charge in [0.1, 0.15) is 17.6 Å². The zero-order valence-corrected chi connectivity index (χ0v) is 13.3. The lowest BCUT2D eigenvalue weighted by Gasteiger charge is -2.24. The van der Waals surface area contributed by atoms with E-state index in [9.17, 15) is 5.11 Å². The monoisotopic (exact) mass is 292 g/mol. The molecule has 0 saturated carbocycles. The van der Waals surface area contributed by atoms with Crippen LogP contribution in [0.1, 0.15) is 45.4 Å². The van der Waals surface area contributed by atoms with Crippen LogP contribution in [0.3, 0.4) is 0 Å². The number of benzene rings is 1. The van der Waals surface area contributed by atoms with Gasteiger partial charge in [0.25, 0.3) is 0 Å². The van der Waals surface area contributed by atoms with E-state index in [-0.39, 0.29) is 6.10 Å². The zero-order chi connectivity index (χ0) is 15.5. The van der Waals surface area contributed by atoms with Crippen LogP contribution in [0.25, 0.3) is 0 Å². The molecule has 1 aromatic rings. The Labute approximate surface area is 128 Å². The third kappa shape index (κ3) is 6.67. The van der Waals surface area contributed by atoms with Crippen LogP contribution in [0.2, 0.25) is 0 Å². The second kappa shape index (κ2) is 10.3. The number of allylic oxidation sites excluding steroid dienone is 1. The quantitative estimate of drug-likeness (QED) is 0.487. The van der Waals surface area contributed by atoms with Crippen LogP contribution < -0.4 is 9.47 Å². The van der Waals surface area contributed by atoms with Crippen molar-refractivity contribution in [1.29, 1.82) is 0 Å². The highest BCUT2D eigenvalue weighted by molar-refractivity contribution is 5.31. The minimum atomic E-state index is -0.432. The zero-order valence-electron chi connectivity index (χ0n) is 13.3. The highest BCUT2D eigenvalue weighted by atomic mass is 16.5. The van der Waals surface area contributed by atoms with E-state index in [0.717, 1.165) is 50.0 Å². The number of hydrogen-bond acceptors (Lipinski definition) is 3. The maximum Gasteiger partial charge on any atom is 0.125 e. The Balaban J connectivity index is 2.60. The van der Waals surface area contributed by atoms with E-state index in [1.54, 1.807) is 7.11 Å². The molecule has 0 fully saturated rings. The summed E-state index contributed by atoms with van der Waals surface area (Å²) in [4.78, 5) is 0.